The van der Waals surface area contributed by atoms with Gasteiger partial charge in [0.2, 0.25) is 0 Å². The Balaban J connectivity index is 2.09. The zero-order valence-corrected chi connectivity index (χ0v) is 10.0. The molecule has 17 heavy (non-hydrogen) atoms. The smallest absolute Gasteiger partial charge is 0.159 e. The predicted molar refractivity (Wildman–Crippen MR) is 67.1 cm³/mol. The second-order valence-electron chi connectivity index (χ2n) is 5.01. The van der Waals surface area contributed by atoms with Gasteiger partial charge in [-0.15, -0.1) is 5.10 Å². The van der Waals surface area contributed by atoms with Crippen LogP contribution in [0.25, 0.3) is 10.8 Å². The molecule has 2 aromatic rings. The van der Waals surface area contributed by atoms with Crippen molar-refractivity contribution in [2.24, 2.45) is 0 Å². The maximum Gasteiger partial charge on any atom is 0.159 e. The number of aliphatic hydroxyl groups is 1. The lowest BCUT2D eigenvalue weighted by molar-refractivity contribution is 0.0306. The lowest BCUT2D eigenvalue weighted by Crippen LogP contribution is -2.60. The predicted octanol–water partition coefficient (Wildman–Crippen LogP) is 1.51. The van der Waals surface area contributed by atoms with E-state index < -0.39 is 5.60 Å². The van der Waals surface area contributed by atoms with E-state index in [9.17, 15) is 5.11 Å². The van der Waals surface area contributed by atoms with Crippen molar-refractivity contribution in [3.8, 4) is 0 Å². The molecular weight excluding hydrogens is 214 g/mol. The molecule has 0 amide bonds. The first-order chi connectivity index (χ1) is 8.07. The van der Waals surface area contributed by atoms with E-state index in [1.807, 2.05) is 26.0 Å². The number of nitrogens with zero attached hydrogens (tertiary/aromatic N) is 3. The van der Waals surface area contributed by atoms with E-state index in [1.54, 1.807) is 0 Å². The molecule has 1 aliphatic heterocycles. The number of benzene rings is 1. The van der Waals surface area contributed by atoms with Gasteiger partial charge in [-0.05, 0) is 13.8 Å². The van der Waals surface area contributed by atoms with Crippen LogP contribution in [0.1, 0.15) is 12.6 Å². The molecule has 0 radical (unpaired) electrons. The lowest BCUT2D eigenvalue weighted by atomic mass is 9.96. The molecule has 3 rings (SSSR count). The minimum absolute atomic E-state index is 0.590. The van der Waals surface area contributed by atoms with Crippen molar-refractivity contribution >= 4 is 16.6 Å². The highest BCUT2D eigenvalue weighted by Gasteiger charge is 2.38. The van der Waals surface area contributed by atoms with Gasteiger partial charge in [0.05, 0.1) is 11.3 Å². The number of rotatable bonds is 1. The molecule has 4 heteroatoms. The highest BCUT2D eigenvalue weighted by molar-refractivity contribution is 5.93. The van der Waals surface area contributed by atoms with Crippen molar-refractivity contribution < 1.29 is 5.11 Å². The summed E-state index contributed by atoms with van der Waals surface area (Å²) >= 11 is 0. The summed E-state index contributed by atoms with van der Waals surface area (Å²) in [4.78, 5) is 2.06. The third-order valence-electron chi connectivity index (χ3n) is 3.21. The average Bonchev–Trinajstić information content (AvgIpc) is 2.27. The number of anilines is 1. The van der Waals surface area contributed by atoms with E-state index in [0.29, 0.717) is 13.1 Å². The number of β-amino-alcohol motifs (C(OH)–C–C–N with tert-alkyl or cyclic N) is 1. The standard InChI is InChI=1S/C13H15N3O/c1-9-10-5-3-4-6-11(10)12(15-14-9)16-7-13(2,17)8-16/h3-6,17H,7-8H2,1-2H3. The minimum Gasteiger partial charge on any atom is -0.386 e. The molecule has 1 fully saturated rings. The van der Waals surface area contributed by atoms with Crippen LogP contribution < -0.4 is 4.90 Å². The van der Waals surface area contributed by atoms with Crippen LogP contribution in [0.4, 0.5) is 5.82 Å². The largest absolute Gasteiger partial charge is 0.386 e. The van der Waals surface area contributed by atoms with E-state index in [0.717, 1.165) is 22.3 Å². The molecule has 88 valence electrons. The molecular formula is C13H15N3O. The van der Waals surface area contributed by atoms with Gasteiger partial charge in [0.25, 0.3) is 0 Å². The normalized spacial score (nSPS) is 18.2. The van der Waals surface area contributed by atoms with Crippen molar-refractivity contribution in [2.45, 2.75) is 19.4 Å². The third-order valence-corrected chi connectivity index (χ3v) is 3.21. The summed E-state index contributed by atoms with van der Waals surface area (Å²) in [5.74, 6) is 0.873. The lowest BCUT2D eigenvalue weighted by Gasteiger charge is -2.45. The molecule has 0 atom stereocenters. The Kier molecular flexibility index (Phi) is 2.10. The Labute approximate surface area is 99.9 Å². The molecule has 0 spiro atoms. The Morgan fingerprint density at radius 3 is 2.47 bits per heavy atom. The first kappa shape index (κ1) is 10.5. The quantitative estimate of drug-likeness (QED) is 0.805. The highest BCUT2D eigenvalue weighted by Crippen LogP contribution is 2.31. The second-order valence-corrected chi connectivity index (χ2v) is 5.01. The summed E-state index contributed by atoms with van der Waals surface area (Å²) in [6.45, 7) is 5.04. The molecule has 0 saturated carbocycles. The molecule has 0 bridgehead atoms. The Morgan fingerprint density at radius 2 is 1.82 bits per heavy atom. The number of aryl methyl sites for hydroxylation is 1. The van der Waals surface area contributed by atoms with Crippen LogP contribution in [0.15, 0.2) is 24.3 Å². The SMILES string of the molecule is Cc1nnc(N2CC(C)(O)C2)c2ccccc12. The van der Waals surface area contributed by atoms with Crippen LogP contribution in [0, 0.1) is 6.92 Å². The summed E-state index contributed by atoms with van der Waals surface area (Å²) in [5, 5.41) is 20.5. The fourth-order valence-corrected chi connectivity index (χ4v) is 2.38. The van der Waals surface area contributed by atoms with Gasteiger partial charge in [0.15, 0.2) is 5.82 Å². The van der Waals surface area contributed by atoms with E-state index >= 15 is 0 Å². The van der Waals surface area contributed by atoms with Crippen LogP contribution in [-0.2, 0) is 0 Å². The molecule has 1 N–H and O–H groups in total. The molecule has 1 saturated heterocycles. The van der Waals surface area contributed by atoms with Crippen molar-refractivity contribution in [3.05, 3.63) is 30.0 Å². The summed E-state index contributed by atoms with van der Waals surface area (Å²) in [5.41, 5.74) is 0.352. The van der Waals surface area contributed by atoms with Crippen LogP contribution >= 0.6 is 0 Å². The van der Waals surface area contributed by atoms with Gasteiger partial charge >= 0.3 is 0 Å². The number of aromatic nitrogens is 2. The van der Waals surface area contributed by atoms with E-state index in [-0.39, 0.29) is 0 Å². The fourth-order valence-electron chi connectivity index (χ4n) is 2.38. The summed E-state index contributed by atoms with van der Waals surface area (Å²) in [6.07, 6.45) is 0. The average molecular weight is 229 g/mol. The van der Waals surface area contributed by atoms with Gasteiger partial charge in [-0.2, -0.15) is 5.10 Å². The van der Waals surface area contributed by atoms with E-state index in [1.165, 1.54) is 0 Å². The Bertz CT molecular complexity index is 572. The van der Waals surface area contributed by atoms with Crippen molar-refractivity contribution in [3.63, 3.8) is 0 Å². The van der Waals surface area contributed by atoms with Crippen LogP contribution in [0.5, 0.6) is 0 Å². The first-order valence-electron chi connectivity index (χ1n) is 5.76. The van der Waals surface area contributed by atoms with Gasteiger partial charge in [-0.1, -0.05) is 24.3 Å². The Hall–Kier alpha value is -1.68. The number of fused-ring (bicyclic) bond motifs is 1. The molecule has 1 aromatic heterocycles. The molecule has 0 unspecified atom stereocenters. The summed E-state index contributed by atoms with van der Waals surface area (Å²) in [6, 6.07) is 8.12. The molecule has 1 aliphatic rings. The van der Waals surface area contributed by atoms with Gasteiger partial charge in [-0.25, -0.2) is 0 Å². The van der Waals surface area contributed by atoms with Gasteiger partial charge in [-0.3, -0.25) is 0 Å². The van der Waals surface area contributed by atoms with Gasteiger partial charge < -0.3 is 10.0 Å². The van der Waals surface area contributed by atoms with Gasteiger partial charge in [0.1, 0.15) is 0 Å². The van der Waals surface area contributed by atoms with Crippen molar-refractivity contribution in [1.82, 2.24) is 10.2 Å². The van der Waals surface area contributed by atoms with Crippen LogP contribution in [0.2, 0.25) is 0 Å². The molecule has 0 aliphatic carbocycles. The van der Waals surface area contributed by atoms with Gasteiger partial charge in [0, 0.05) is 23.9 Å². The minimum atomic E-state index is -0.590. The van der Waals surface area contributed by atoms with E-state index in [4.69, 9.17) is 0 Å². The first-order valence-corrected chi connectivity index (χ1v) is 5.76. The fraction of sp³-hybridized carbons (Fsp3) is 0.385. The molecule has 2 heterocycles. The maximum absolute atomic E-state index is 9.78. The maximum atomic E-state index is 9.78. The van der Waals surface area contributed by atoms with Crippen molar-refractivity contribution in [2.75, 3.05) is 18.0 Å². The van der Waals surface area contributed by atoms with Crippen LogP contribution in [-0.4, -0.2) is 34.0 Å². The van der Waals surface area contributed by atoms with E-state index in [2.05, 4.69) is 27.2 Å². The number of hydrogen-bond acceptors (Lipinski definition) is 4. The monoisotopic (exact) mass is 229 g/mol. The Morgan fingerprint density at radius 1 is 1.18 bits per heavy atom. The zero-order chi connectivity index (χ0) is 12.0. The molecule has 1 aromatic carbocycles. The summed E-state index contributed by atoms with van der Waals surface area (Å²) in [7, 11) is 0. The highest BCUT2D eigenvalue weighted by atomic mass is 16.3. The second kappa shape index (κ2) is 3.40. The summed E-state index contributed by atoms with van der Waals surface area (Å²) < 4.78 is 0. The molecule has 4 nitrogen and oxygen atoms in total. The number of hydrogen-bond donors (Lipinski definition) is 1. The zero-order valence-electron chi connectivity index (χ0n) is 10.0. The van der Waals surface area contributed by atoms with Crippen molar-refractivity contribution in [1.29, 1.82) is 0 Å². The topological polar surface area (TPSA) is 49.2 Å². The third kappa shape index (κ3) is 1.65. The van der Waals surface area contributed by atoms with Crippen LogP contribution in [0.3, 0.4) is 0 Å².